The molecule has 0 saturated heterocycles. The van der Waals surface area contributed by atoms with Crippen LogP contribution in [0, 0.1) is 0 Å². The van der Waals surface area contributed by atoms with Gasteiger partial charge in [0.25, 0.3) is 5.69 Å². The number of rotatable bonds is 3. The van der Waals surface area contributed by atoms with Crippen molar-refractivity contribution < 1.29 is 4.79 Å². The van der Waals surface area contributed by atoms with Gasteiger partial charge >= 0.3 is 12.0 Å². The van der Waals surface area contributed by atoms with Crippen molar-refractivity contribution in [2.75, 3.05) is 12.3 Å². The number of nitrogens with two attached hydrogens (primary N) is 1. The minimum absolute atomic E-state index is 0.0228. The first-order valence-electron chi connectivity index (χ1n) is 4.53. The second-order valence-electron chi connectivity index (χ2n) is 3.38. The fraction of sp³-hybridized carbons (Fsp3) is 0.111. The summed E-state index contributed by atoms with van der Waals surface area (Å²) in [6.07, 6.45) is 3.50. The van der Waals surface area contributed by atoms with Crippen LogP contribution in [0.5, 0.6) is 0 Å². The molecule has 0 aliphatic carbocycles. The lowest BCUT2D eigenvalue weighted by molar-refractivity contribution is -0.113. The van der Waals surface area contributed by atoms with Crippen LogP contribution in [-0.2, 0) is 4.79 Å². The summed E-state index contributed by atoms with van der Waals surface area (Å²) in [6, 6.07) is 0. The Bertz CT molecular complexity index is 547. The average Bonchev–Trinajstić information content (AvgIpc) is 2.58. The Morgan fingerprint density at radius 1 is 1.62 bits per heavy atom. The first-order valence-corrected chi connectivity index (χ1v) is 4.53. The van der Waals surface area contributed by atoms with E-state index in [-0.39, 0.29) is 28.5 Å². The summed E-state index contributed by atoms with van der Waals surface area (Å²) in [7, 11) is 0. The molecule has 1 aliphatic heterocycles. The zero-order valence-corrected chi connectivity index (χ0v) is 8.38. The maximum Gasteiger partial charge on any atom is 0.317 e. The van der Waals surface area contributed by atoms with Crippen LogP contribution >= 0.6 is 0 Å². The van der Waals surface area contributed by atoms with Crippen LogP contribution in [0.15, 0.2) is 22.4 Å². The minimum Gasteiger partial charge on any atom is -0.369 e. The Labute approximate surface area is 90.5 Å². The number of nitrogens with zero attached hydrogens (tertiary/aromatic N) is 3. The molecule has 1 amide bonds. The second kappa shape index (κ2) is 3.38. The number of carbonyl (C=O) groups excluding carboxylic acids is 1. The summed E-state index contributed by atoms with van der Waals surface area (Å²) >= 11 is 0. The SMILES string of the molecule is C=CC[N+]1(C=O)C=Nc2nc(N)[nH]c(=O)c21. The van der Waals surface area contributed by atoms with Crippen molar-refractivity contribution in [2.24, 2.45) is 4.99 Å². The summed E-state index contributed by atoms with van der Waals surface area (Å²) in [4.78, 5) is 33.0. The van der Waals surface area contributed by atoms with Crippen LogP contribution in [-0.4, -0.2) is 29.3 Å². The molecular weight excluding hydrogens is 210 g/mol. The molecule has 1 aromatic heterocycles. The molecule has 16 heavy (non-hydrogen) atoms. The normalized spacial score (nSPS) is 21.8. The number of aliphatic imine (C=N–C) groups is 1. The summed E-state index contributed by atoms with van der Waals surface area (Å²) in [5.74, 6) is 0.153. The van der Waals surface area contributed by atoms with Crippen molar-refractivity contribution in [1.82, 2.24) is 14.5 Å². The third kappa shape index (κ3) is 1.26. The highest BCUT2D eigenvalue weighted by molar-refractivity contribution is 5.99. The third-order valence-electron chi connectivity index (χ3n) is 2.32. The molecule has 7 heteroatoms. The van der Waals surface area contributed by atoms with E-state index in [2.05, 4.69) is 21.5 Å². The van der Waals surface area contributed by atoms with Gasteiger partial charge in [-0.2, -0.15) is 14.5 Å². The van der Waals surface area contributed by atoms with Gasteiger partial charge in [-0.1, -0.05) is 6.58 Å². The number of anilines is 1. The van der Waals surface area contributed by atoms with Crippen LogP contribution in [0.4, 0.5) is 17.5 Å². The average molecular weight is 220 g/mol. The molecule has 82 valence electrons. The van der Waals surface area contributed by atoms with Crippen molar-refractivity contribution in [3.05, 3.63) is 23.0 Å². The monoisotopic (exact) mass is 220 g/mol. The van der Waals surface area contributed by atoms with Gasteiger partial charge in [0.05, 0.1) is 0 Å². The zero-order valence-electron chi connectivity index (χ0n) is 8.38. The molecule has 2 heterocycles. The van der Waals surface area contributed by atoms with Gasteiger partial charge in [-0.25, -0.2) is 4.79 Å². The van der Waals surface area contributed by atoms with Crippen LogP contribution in [0.2, 0.25) is 0 Å². The Hall–Kier alpha value is -2.28. The molecule has 0 bridgehead atoms. The van der Waals surface area contributed by atoms with E-state index in [0.717, 1.165) is 0 Å². The molecule has 0 saturated carbocycles. The van der Waals surface area contributed by atoms with Crippen molar-refractivity contribution in [2.45, 2.75) is 0 Å². The van der Waals surface area contributed by atoms with E-state index >= 15 is 0 Å². The van der Waals surface area contributed by atoms with Crippen molar-refractivity contribution in [3.63, 3.8) is 0 Å². The number of aromatic nitrogens is 2. The molecule has 2 rings (SSSR count). The van der Waals surface area contributed by atoms with Crippen LogP contribution < -0.4 is 15.8 Å². The lowest BCUT2D eigenvalue weighted by Gasteiger charge is -2.19. The van der Waals surface area contributed by atoms with E-state index in [4.69, 9.17) is 5.73 Å². The van der Waals surface area contributed by atoms with E-state index in [1.54, 1.807) is 0 Å². The number of hydrogen-bond acceptors (Lipinski definition) is 5. The number of carbonyl (C=O) groups is 1. The first kappa shape index (κ1) is 10.2. The van der Waals surface area contributed by atoms with Gasteiger partial charge in [0.15, 0.2) is 0 Å². The molecule has 7 nitrogen and oxygen atoms in total. The summed E-state index contributed by atoms with van der Waals surface area (Å²) < 4.78 is -0.332. The van der Waals surface area contributed by atoms with Crippen LogP contribution in [0.1, 0.15) is 0 Å². The van der Waals surface area contributed by atoms with E-state index in [0.29, 0.717) is 6.41 Å². The number of nitrogens with one attached hydrogen (secondary N) is 1. The highest BCUT2D eigenvalue weighted by Gasteiger charge is 2.39. The van der Waals surface area contributed by atoms with Gasteiger partial charge < -0.3 is 5.73 Å². The Morgan fingerprint density at radius 3 is 3.00 bits per heavy atom. The highest BCUT2D eigenvalue weighted by atomic mass is 16.2. The Balaban J connectivity index is 2.70. The lowest BCUT2D eigenvalue weighted by Crippen LogP contribution is -2.48. The van der Waals surface area contributed by atoms with Gasteiger partial charge in [-0.05, 0) is 6.08 Å². The fourth-order valence-electron chi connectivity index (χ4n) is 1.63. The van der Waals surface area contributed by atoms with E-state index in [9.17, 15) is 9.59 Å². The van der Waals surface area contributed by atoms with Crippen molar-refractivity contribution >= 4 is 30.2 Å². The summed E-state index contributed by atoms with van der Waals surface area (Å²) in [5.41, 5.74) is 5.09. The van der Waals surface area contributed by atoms with E-state index in [1.165, 1.54) is 12.4 Å². The molecule has 1 unspecified atom stereocenters. The minimum atomic E-state index is -0.464. The summed E-state index contributed by atoms with van der Waals surface area (Å²) in [6.45, 7) is 3.79. The molecule has 1 aliphatic rings. The van der Waals surface area contributed by atoms with Crippen LogP contribution in [0.3, 0.4) is 0 Å². The van der Waals surface area contributed by atoms with Gasteiger partial charge in [-0.15, -0.1) is 0 Å². The van der Waals surface area contributed by atoms with Crippen molar-refractivity contribution in [1.29, 1.82) is 0 Å². The number of fused-ring (bicyclic) bond motifs is 1. The van der Waals surface area contributed by atoms with Gasteiger partial charge in [0, 0.05) is 0 Å². The molecule has 0 fully saturated rings. The predicted octanol–water partition coefficient (Wildman–Crippen LogP) is -0.325. The predicted molar refractivity (Wildman–Crippen MR) is 60.3 cm³/mol. The number of quaternary nitrogens is 1. The molecule has 1 aromatic rings. The standard InChI is InChI=1S/C9H9N5O2/c1-2-3-14(5-15)4-11-7-6(14)8(16)13-9(10)12-7/h2,4-5H,1,3H2,(H2-,10,12,13,16)/p+1. The van der Waals surface area contributed by atoms with Gasteiger partial charge in [-0.3, -0.25) is 9.78 Å². The maximum absolute atomic E-state index is 11.7. The number of nitrogen functional groups attached to an aromatic ring is 1. The molecule has 3 N–H and O–H groups in total. The smallest absolute Gasteiger partial charge is 0.317 e. The van der Waals surface area contributed by atoms with Crippen molar-refractivity contribution in [3.8, 4) is 0 Å². The quantitative estimate of drug-likeness (QED) is 0.414. The Morgan fingerprint density at radius 2 is 2.38 bits per heavy atom. The number of amides is 1. The maximum atomic E-state index is 11.7. The Kier molecular flexibility index (Phi) is 2.17. The lowest BCUT2D eigenvalue weighted by atomic mass is 10.3. The second-order valence-corrected chi connectivity index (χ2v) is 3.38. The largest absolute Gasteiger partial charge is 0.369 e. The number of H-pyrrole nitrogens is 1. The number of aromatic amines is 1. The molecular formula is C9H10N5O2+. The van der Waals surface area contributed by atoms with Gasteiger partial charge in [0.2, 0.25) is 18.1 Å². The van der Waals surface area contributed by atoms with Crippen LogP contribution in [0.25, 0.3) is 0 Å². The molecule has 0 radical (unpaired) electrons. The first-order chi connectivity index (χ1) is 7.63. The summed E-state index contributed by atoms with van der Waals surface area (Å²) in [5, 5.41) is 0. The van der Waals surface area contributed by atoms with Gasteiger partial charge in [0.1, 0.15) is 6.54 Å². The van der Waals surface area contributed by atoms with E-state index < -0.39 is 5.56 Å². The molecule has 0 spiro atoms. The fourth-order valence-corrected chi connectivity index (χ4v) is 1.63. The molecule has 0 aromatic carbocycles. The number of hydrogen-bond donors (Lipinski definition) is 2. The molecule has 1 atom stereocenters. The zero-order chi connectivity index (χ0) is 11.8. The highest BCUT2D eigenvalue weighted by Crippen LogP contribution is 2.31. The topological polar surface area (TPSA) is 101 Å². The third-order valence-corrected chi connectivity index (χ3v) is 2.32. The van der Waals surface area contributed by atoms with E-state index in [1.807, 2.05) is 0 Å².